The van der Waals surface area contributed by atoms with Gasteiger partial charge in [-0.3, -0.25) is 4.79 Å². The molecule has 6 heteroatoms. The highest BCUT2D eigenvalue weighted by Crippen LogP contribution is 2.34. The van der Waals surface area contributed by atoms with Gasteiger partial charge in [0.2, 0.25) is 5.91 Å². The second-order valence-electron chi connectivity index (χ2n) is 4.61. The number of carbonyl (C=O) groups is 1. The predicted molar refractivity (Wildman–Crippen MR) is 74.4 cm³/mol. The fraction of sp³-hybridized carbons (Fsp3) is 0.500. The van der Waals surface area contributed by atoms with Gasteiger partial charge in [0.1, 0.15) is 5.75 Å². The van der Waals surface area contributed by atoms with Gasteiger partial charge >= 0.3 is 0 Å². The third kappa shape index (κ3) is 3.14. The fourth-order valence-corrected chi connectivity index (χ4v) is 2.23. The molecule has 0 aromatic heterocycles. The molecule has 1 saturated heterocycles. The second-order valence-corrected chi connectivity index (χ2v) is 4.61. The molecule has 0 saturated carbocycles. The topological polar surface area (TPSA) is 68.8 Å². The van der Waals surface area contributed by atoms with Crippen molar-refractivity contribution in [3.8, 4) is 17.2 Å². The summed E-state index contributed by atoms with van der Waals surface area (Å²) in [4.78, 5) is 11.2. The minimum Gasteiger partial charge on any atom is -0.496 e. The number of rotatable bonds is 6. The maximum absolute atomic E-state index is 11.2. The first kappa shape index (κ1) is 14.5. The van der Waals surface area contributed by atoms with Crippen molar-refractivity contribution in [1.82, 2.24) is 10.6 Å². The van der Waals surface area contributed by atoms with Gasteiger partial charge in [0.05, 0.1) is 21.3 Å². The van der Waals surface area contributed by atoms with Crippen LogP contribution in [0, 0.1) is 0 Å². The summed E-state index contributed by atoms with van der Waals surface area (Å²) in [7, 11) is 4.80. The van der Waals surface area contributed by atoms with Crippen molar-refractivity contribution in [2.45, 2.75) is 19.0 Å². The zero-order chi connectivity index (χ0) is 14.5. The van der Waals surface area contributed by atoms with E-state index in [1.807, 2.05) is 6.07 Å². The lowest BCUT2D eigenvalue weighted by Crippen LogP contribution is -2.30. The van der Waals surface area contributed by atoms with Gasteiger partial charge in [0, 0.05) is 37.2 Å². The van der Waals surface area contributed by atoms with E-state index in [0.29, 0.717) is 31.0 Å². The molecule has 0 radical (unpaired) electrons. The third-order valence-electron chi connectivity index (χ3n) is 3.35. The maximum Gasteiger partial charge on any atom is 0.221 e. The molecule has 2 rings (SSSR count). The Bertz CT molecular complexity index is 490. The van der Waals surface area contributed by atoms with Crippen molar-refractivity contribution in [2.75, 3.05) is 27.9 Å². The summed E-state index contributed by atoms with van der Waals surface area (Å²) in [5.74, 6) is 2.10. The molecule has 2 N–H and O–H groups in total. The smallest absolute Gasteiger partial charge is 0.221 e. The lowest BCUT2D eigenvalue weighted by atomic mass is 10.1. The molecule has 1 heterocycles. The van der Waals surface area contributed by atoms with Crippen molar-refractivity contribution < 1.29 is 19.0 Å². The number of hydrogen-bond donors (Lipinski definition) is 2. The number of carbonyl (C=O) groups excluding carboxylic acids is 1. The molecule has 1 unspecified atom stereocenters. The van der Waals surface area contributed by atoms with Crippen LogP contribution < -0.4 is 24.8 Å². The molecule has 1 aromatic rings. The van der Waals surface area contributed by atoms with Crippen LogP contribution in [0.1, 0.15) is 12.0 Å². The zero-order valence-electron chi connectivity index (χ0n) is 12.0. The van der Waals surface area contributed by atoms with Crippen LogP contribution in [0.5, 0.6) is 17.2 Å². The van der Waals surface area contributed by atoms with Crippen molar-refractivity contribution in [1.29, 1.82) is 0 Å². The zero-order valence-corrected chi connectivity index (χ0v) is 12.0. The number of benzene rings is 1. The summed E-state index contributed by atoms with van der Waals surface area (Å²) >= 11 is 0. The Morgan fingerprint density at radius 2 is 1.80 bits per heavy atom. The second kappa shape index (κ2) is 6.47. The van der Waals surface area contributed by atoms with Gasteiger partial charge in [0.25, 0.3) is 0 Å². The van der Waals surface area contributed by atoms with E-state index in [-0.39, 0.29) is 11.9 Å². The molecule has 1 aromatic carbocycles. The standard InChI is InChI=1S/C14H20N2O4/c1-18-11-6-13(20-3)12(19-2)4-9(11)7-15-10-5-14(17)16-8-10/h4,6,10,15H,5,7-8H2,1-3H3,(H,16,17). The summed E-state index contributed by atoms with van der Waals surface area (Å²) in [5, 5.41) is 6.13. The molecular weight excluding hydrogens is 260 g/mol. The fourth-order valence-electron chi connectivity index (χ4n) is 2.23. The minimum atomic E-state index is 0.0850. The van der Waals surface area contributed by atoms with Crippen LogP contribution in [0.2, 0.25) is 0 Å². The van der Waals surface area contributed by atoms with Crippen LogP contribution in [-0.4, -0.2) is 39.8 Å². The van der Waals surface area contributed by atoms with Crippen LogP contribution in [0.15, 0.2) is 12.1 Å². The molecule has 1 amide bonds. The highest BCUT2D eigenvalue weighted by atomic mass is 16.5. The van der Waals surface area contributed by atoms with Gasteiger partial charge in [0.15, 0.2) is 11.5 Å². The normalized spacial score (nSPS) is 17.8. The summed E-state index contributed by atoms with van der Waals surface area (Å²) < 4.78 is 15.9. The van der Waals surface area contributed by atoms with Crippen molar-refractivity contribution >= 4 is 5.91 Å². The van der Waals surface area contributed by atoms with Gasteiger partial charge in [-0.15, -0.1) is 0 Å². The Hall–Kier alpha value is -1.95. The molecular formula is C14H20N2O4. The monoisotopic (exact) mass is 280 g/mol. The highest BCUT2D eigenvalue weighted by Gasteiger charge is 2.21. The van der Waals surface area contributed by atoms with E-state index in [1.54, 1.807) is 27.4 Å². The molecule has 20 heavy (non-hydrogen) atoms. The van der Waals surface area contributed by atoms with Crippen LogP contribution in [0.25, 0.3) is 0 Å². The van der Waals surface area contributed by atoms with E-state index in [2.05, 4.69) is 10.6 Å². The number of methoxy groups -OCH3 is 3. The predicted octanol–water partition coefficient (Wildman–Crippen LogP) is 0.690. The lowest BCUT2D eigenvalue weighted by molar-refractivity contribution is -0.119. The highest BCUT2D eigenvalue weighted by molar-refractivity contribution is 5.78. The van der Waals surface area contributed by atoms with Crippen LogP contribution in [0.4, 0.5) is 0 Å². The number of amides is 1. The molecule has 0 spiro atoms. The Labute approximate surface area is 118 Å². The molecule has 1 aliphatic heterocycles. The van der Waals surface area contributed by atoms with E-state index in [1.165, 1.54) is 0 Å². The largest absolute Gasteiger partial charge is 0.496 e. The molecule has 0 bridgehead atoms. The first-order valence-corrected chi connectivity index (χ1v) is 6.47. The van der Waals surface area contributed by atoms with Crippen molar-refractivity contribution in [2.24, 2.45) is 0 Å². The quantitative estimate of drug-likeness (QED) is 0.802. The van der Waals surface area contributed by atoms with Crippen LogP contribution >= 0.6 is 0 Å². The molecule has 1 fully saturated rings. The van der Waals surface area contributed by atoms with Gasteiger partial charge < -0.3 is 24.8 Å². The van der Waals surface area contributed by atoms with Gasteiger partial charge in [-0.2, -0.15) is 0 Å². The maximum atomic E-state index is 11.2. The van der Waals surface area contributed by atoms with Gasteiger partial charge in [-0.05, 0) is 6.07 Å². The van der Waals surface area contributed by atoms with Crippen molar-refractivity contribution in [3.63, 3.8) is 0 Å². The average molecular weight is 280 g/mol. The van der Waals surface area contributed by atoms with Gasteiger partial charge in [-0.1, -0.05) is 0 Å². The Kier molecular flexibility index (Phi) is 4.68. The molecule has 0 aliphatic carbocycles. The van der Waals surface area contributed by atoms with Crippen LogP contribution in [0.3, 0.4) is 0 Å². The summed E-state index contributed by atoms with van der Waals surface area (Å²) in [6, 6.07) is 3.84. The molecule has 110 valence electrons. The summed E-state index contributed by atoms with van der Waals surface area (Å²) in [6.45, 7) is 1.26. The van der Waals surface area contributed by atoms with E-state index in [0.717, 1.165) is 11.3 Å². The van der Waals surface area contributed by atoms with Crippen LogP contribution in [-0.2, 0) is 11.3 Å². The minimum absolute atomic E-state index is 0.0850. The molecule has 1 atom stereocenters. The van der Waals surface area contributed by atoms with E-state index in [9.17, 15) is 4.79 Å². The van der Waals surface area contributed by atoms with Gasteiger partial charge in [-0.25, -0.2) is 0 Å². The Balaban J connectivity index is 2.11. The van der Waals surface area contributed by atoms with Crippen molar-refractivity contribution in [3.05, 3.63) is 17.7 Å². The first-order valence-electron chi connectivity index (χ1n) is 6.47. The number of hydrogen-bond acceptors (Lipinski definition) is 5. The average Bonchev–Trinajstić information content (AvgIpc) is 2.89. The molecule has 6 nitrogen and oxygen atoms in total. The number of ether oxygens (including phenoxy) is 3. The Morgan fingerprint density at radius 1 is 1.15 bits per heavy atom. The number of nitrogens with one attached hydrogen (secondary N) is 2. The third-order valence-corrected chi connectivity index (χ3v) is 3.35. The van der Waals surface area contributed by atoms with E-state index in [4.69, 9.17) is 14.2 Å². The first-order chi connectivity index (χ1) is 9.67. The Morgan fingerprint density at radius 3 is 2.35 bits per heavy atom. The lowest BCUT2D eigenvalue weighted by Gasteiger charge is -2.16. The molecule has 1 aliphatic rings. The summed E-state index contributed by atoms with van der Waals surface area (Å²) in [5.41, 5.74) is 0.962. The van der Waals surface area contributed by atoms with E-state index >= 15 is 0 Å². The SMILES string of the molecule is COc1cc(OC)c(OC)cc1CNC1CNC(=O)C1. The summed E-state index contributed by atoms with van der Waals surface area (Å²) in [6.07, 6.45) is 0.510. The van der Waals surface area contributed by atoms with E-state index < -0.39 is 0 Å².